The highest BCUT2D eigenvalue weighted by Crippen LogP contribution is 2.30. The topological polar surface area (TPSA) is 58.6 Å². The Kier molecular flexibility index (Phi) is 5.21. The Balaban J connectivity index is 1.75. The van der Waals surface area contributed by atoms with Gasteiger partial charge in [-0.3, -0.25) is 0 Å². The van der Waals surface area contributed by atoms with E-state index in [-0.39, 0.29) is 19.3 Å². The normalized spacial score (nSPS) is 16.5. The Hall–Kier alpha value is -1.55. The molecule has 1 aromatic carbocycles. The average molecular weight is 263 g/mol. The van der Waals surface area contributed by atoms with Gasteiger partial charge in [0.2, 0.25) is 0 Å². The second-order valence-electron chi connectivity index (χ2n) is 5.02. The Morgan fingerprint density at radius 1 is 1.37 bits per heavy atom. The fourth-order valence-electron chi connectivity index (χ4n) is 2.32. The number of benzene rings is 1. The minimum atomic E-state index is -0.394. The molecule has 0 spiro atoms. The SMILES string of the molecule is O=C(NC(CCO)C1CCC1)OCc1ccccc1. The maximum Gasteiger partial charge on any atom is 0.407 e. The van der Waals surface area contributed by atoms with Gasteiger partial charge in [0.25, 0.3) is 0 Å². The first-order valence-electron chi connectivity index (χ1n) is 6.87. The summed E-state index contributed by atoms with van der Waals surface area (Å²) in [5.74, 6) is 0.497. The number of hydrogen-bond donors (Lipinski definition) is 2. The van der Waals surface area contributed by atoms with Crippen molar-refractivity contribution in [3.63, 3.8) is 0 Å². The molecule has 1 atom stereocenters. The van der Waals surface area contributed by atoms with Crippen molar-refractivity contribution in [2.45, 2.75) is 38.3 Å². The Morgan fingerprint density at radius 2 is 2.11 bits per heavy atom. The van der Waals surface area contributed by atoms with E-state index in [0.29, 0.717) is 12.3 Å². The quantitative estimate of drug-likeness (QED) is 0.829. The highest BCUT2D eigenvalue weighted by molar-refractivity contribution is 5.67. The van der Waals surface area contributed by atoms with Crippen LogP contribution in [-0.4, -0.2) is 23.8 Å². The van der Waals surface area contributed by atoms with Gasteiger partial charge in [0.05, 0.1) is 0 Å². The standard InChI is InChI=1S/C15H21NO3/c17-10-9-14(13-7-4-8-13)16-15(18)19-11-12-5-2-1-3-6-12/h1-3,5-6,13-14,17H,4,7-11H2,(H,16,18). The van der Waals surface area contributed by atoms with Gasteiger partial charge >= 0.3 is 6.09 Å². The zero-order valence-corrected chi connectivity index (χ0v) is 11.0. The van der Waals surface area contributed by atoms with E-state index in [1.54, 1.807) is 0 Å². The van der Waals surface area contributed by atoms with E-state index in [1.807, 2.05) is 30.3 Å². The van der Waals surface area contributed by atoms with Crippen molar-refractivity contribution in [1.29, 1.82) is 0 Å². The summed E-state index contributed by atoms with van der Waals surface area (Å²) in [5.41, 5.74) is 0.972. The van der Waals surface area contributed by atoms with E-state index >= 15 is 0 Å². The van der Waals surface area contributed by atoms with E-state index in [2.05, 4.69) is 5.32 Å². The van der Waals surface area contributed by atoms with Crippen molar-refractivity contribution < 1.29 is 14.6 Å². The summed E-state index contributed by atoms with van der Waals surface area (Å²) in [6.45, 7) is 0.378. The fourth-order valence-corrected chi connectivity index (χ4v) is 2.32. The second kappa shape index (κ2) is 7.14. The van der Waals surface area contributed by atoms with Gasteiger partial charge in [-0.2, -0.15) is 0 Å². The minimum Gasteiger partial charge on any atom is -0.445 e. The Labute approximate surface area is 113 Å². The number of amides is 1. The smallest absolute Gasteiger partial charge is 0.407 e. The van der Waals surface area contributed by atoms with E-state index in [4.69, 9.17) is 9.84 Å². The third-order valence-electron chi connectivity index (χ3n) is 3.67. The molecule has 0 aromatic heterocycles. The molecule has 104 valence electrons. The van der Waals surface area contributed by atoms with E-state index in [9.17, 15) is 4.79 Å². The van der Waals surface area contributed by atoms with Crippen LogP contribution < -0.4 is 5.32 Å². The second-order valence-corrected chi connectivity index (χ2v) is 5.02. The van der Waals surface area contributed by atoms with Crippen molar-refractivity contribution in [2.75, 3.05) is 6.61 Å². The molecule has 4 heteroatoms. The lowest BCUT2D eigenvalue weighted by Crippen LogP contribution is -2.43. The van der Waals surface area contributed by atoms with Crippen molar-refractivity contribution in [1.82, 2.24) is 5.32 Å². The number of carbonyl (C=O) groups is 1. The number of carbonyl (C=O) groups excluding carboxylic acids is 1. The van der Waals surface area contributed by atoms with Gasteiger partial charge in [0.15, 0.2) is 0 Å². The zero-order valence-electron chi connectivity index (χ0n) is 11.0. The molecule has 19 heavy (non-hydrogen) atoms. The van der Waals surface area contributed by atoms with Crippen LogP contribution in [0, 0.1) is 5.92 Å². The van der Waals surface area contributed by atoms with Crippen LogP contribution in [0.4, 0.5) is 4.79 Å². The van der Waals surface area contributed by atoms with E-state index in [1.165, 1.54) is 6.42 Å². The maximum atomic E-state index is 11.7. The van der Waals surface area contributed by atoms with Crippen LogP contribution in [0.1, 0.15) is 31.2 Å². The molecule has 0 heterocycles. The van der Waals surface area contributed by atoms with Crippen LogP contribution in [-0.2, 0) is 11.3 Å². The molecule has 1 fully saturated rings. The van der Waals surface area contributed by atoms with Crippen LogP contribution in [0.2, 0.25) is 0 Å². The van der Waals surface area contributed by atoms with Gasteiger partial charge in [-0.05, 0) is 30.7 Å². The first-order chi connectivity index (χ1) is 9.29. The number of nitrogens with one attached hydrogen (secondary N) is 1. The maximum absolute atomic E-state index is 11.7. The minimum absolute atomic E-state index is 0.0435. The predicted octanol–water partition coefficient (Wildman–Crippen LogP) is 2.46. The third-order valence-corrected chi connectivity index (χ3v) is 3.67. The molecule has 1 saturated carbocycles. The van der Waals surface area contributed by atoms with Gasteiger partial charge in [-0.25, -0.2) is 4.79 Å². The highest BCUT2D eigenvalue weighted by atomic mass is 16.5. The van der Waals surface area contributed by atoms with Crippen LogP contribution in [0.3, 0.4) is 0 Å². The number of ether oxygens (including phenoxy) is 1. The molecule has 0 radical (unpaired) electrons. The van der Waals surface area contributed by atoms with Crippen molar-refractivity contribution in [2.24, 2.45) is 5.92 Å². The summed E-state index contributed by atoms with van der Waals surface area (Å²) in [6, 6.07) is 9.65. The summed E-state index contributed by atoms with van der Waals surface area (Å²) in [6.07, 6.45) is 3.68. The fraction of sp³-hybridized carbons (Fsp3) is 0.533. The lowest BCUT2D eigenvalue weighted by molar-refractivity contribution is 0.118. The Morgan fingerprint density at radius 3 is 2.68 bits per heavy atom. The van der Waals surface area contributed by atoms with E-state index in [0.717, 1.165) is 18.4 Å². The number of aliphatic hydroxyl groups is 1. The molecule has 1 aliphatic rings. The molecular weight excluding hydrogens is 242 g/mol. The Bertz CT molecular complexity index is 390. The summed E-state index contributed by atoms with van der Waals surface area (Å²) in [7, 11) is 0. The van der Waals surface area contributed by atoms with Crippen LogP contribution in [0.25, 0.3) is 0 Å². The monoisotopic (exact) mass is 263 g/mol. The highest BCUT2D eigenvalue weighted by Gasteiger charge is 2.28. The molecule has 1 aliphatic carbocycles. The molecule has 1 amide bonds. The van der Waals surface area contributed by atoms with Gasteiger partial charge in [0.1, 0.15) is 6.61 Å². The largest absolute Gasteiger partial charge is 0.445 e. The van der Waals surface area contributed by atoms with Crippen molar-refractivity contribution >= 4 is 6.09 Å². The number of alkyl carbamates (subject to hydrolysis) is 1. The molecule has 1 unspecified atom stereocenters. The van der Waals surface area contributed by atoms with Gasteiger partial charge in [-0.1, -0.05) is 36.8 Å². The molecule has 2 rings (SSSR count). The first-order valence-corrected chi connectivity index (χ1v) is 6.87. The molecule has 0 saturated heterocycles. The molecule has 1 aromatic rings. The third kappa shape index (κ3) is 4.24. The summed E-state index contributed by atoms with van der Waals surface area (Å²) in [4.78, 5) is 11.7. The van der Waals surface area contributed by atoms with Crippen LogP contribution >= 0.6 is 0 Å². The lowest BCUT2D eigenvalue weighted by atomic mass is 9.79. The number of hydrogen-bond acceptors (Lipinski definition) is 3. The van der Waals surface area contributed by atoms with Gasteiger partial charge in [0, 0.05) is 12.6 Å². The van der Waals surface area contributed by atoms with Crippen molar-refractivity contribution in [3.8, 4) is 0 Å². The summed E-state index contributed by atoms with van der Waals surface area (Å²) in [5, 5.41) is 11.9. The molecule has 0 aliphatic heterocycles. The van der Waals surface area contributed by atoms with Crippen LogP contribution in [0.15, 0.2) is 30.3 Å². The average Bonchev–Trinajstić information content (AvgIpc) is 2.36. The zero-order chi connectivity index (χ0) is 13.5. The predicted molar refractivity (Wildman–Crippen MR) is 72.6 cm³/mol. The van der Waals surface area contributed by atoms with Gasteiger partial charge < -0.3 is 15.2 Å². The number of rotatable bonds is 6. The molecular formula is C15H21NO3. The molecule has 2 N–H and O–H groups in total. The lowest BCUT2D eigenvalue weighted by Gasteiger charge is -2.33. The van der Waals surface area contributed by atoms with Crippen molar-refractivity contribution in [3.05, 3.63) is 35.9 Å². The van der Waals surface area contributed by atoms with Crippen LogP contribution in [0.5, 0.6) is 0 Å². The summed E-state index contributed by atoms with van der Waals surface area (Å²) < 4.78 is 5.19. The molecule has 4 nitrogen and oxygen atoms in total. The summed E-state index contributed by atoms with van der Waals surface area (Å²) >= 11 is 0. The number of aliphatic hydroxyl groups excluding tert-OH is 1. The first kappa shape index (κ1) is 13.9. The van der Waals surface area contributed by atoms with E-state index < -0.39 is 6.09 Å². The van der Waals surface area contributed by atoms with Gasteiger partial charge in [-0.15, -0.1) is 0 Å². The molecule has 0 bridgehead atoms.